The lowest BCUT2D eigenvalue weighted by Gasteiger charge is -2.39. The van der Waals surface area contributed by atoms with E-state index in [9.17, 15) is 24.6 Å². The van der Waals surface area contributed by atoms with Crippen LogP contribution in [0, 0.1) is 23.7 Å². The van der Waals surface area contributed by atoms with Crippen LogP contribution in [0.5, 0.6) is 0 Å². The number of carbonyl (C=O) groups is 3. The first-order valence-corrected chi connectivity index (χ1v) is 10.4. The van der Waals surface area contributed by atoms with E-state index in [4.69, 9.17) is 4.74 Å². The van der Waals surface area contributed by atoms with Crippen molar-refractivity contribution in [3.8, 4) is 0 Å². The van der Waals surface area contributed by atoms with Gasteiger partial charge in [0.1, 0.15) is 11.3 Å². The van der Waals surface area contributed by atoms with Crippen molar-refractivity contribution < 1.29 is 29.3 Å². The average Bonchev–Trinajstić information content (AvgIpc) is 2.85. The Hall–Kier alpha value is -2.37. The van der Waals surface area contributed by atoms with Gasteiger partial charge in [-0.1, -0.05) is 45.8 Å². The molecule has 3 aliphatic rings. The molecular formula is C23H30O6. The molecule has 2 bridgehead atoms. The Bertz CT molecular complexity index is 832. The van der Waals surface area contributed by atoms with Crippen LogP contribution in [-0.4, -0.2) is 33.5 Å². The van der Waals surface area contributed by atoms with Crippen molar-refractivity contribution in [2.45, 2.75) is 65.4 Å². The number of rotatable bonds is 1. The Balaban J connectivity index is 2.15. The Morgan fingerprint density at radius 3 is 2.52 bits per heavy atom. The smallest absolute Gasteiger partial charge is 0.346 e. The van der Waals surface area contributed by atoms with Crippen LogP contribution >= 0.6 is 0 Å². The van der Waals surface area contributed by atoms with Gasteiger partial charge in [-0.25, -0.2) is 9.59 Å². The van der Waals surface area contributed by atoms with Gasteiger partial charge in [0.05, 0.1) is 0 Å². The number of fused-ring (bicyclic) bond motifs is 1. The van der Waals surface area contributed by atoms with Gasteiger partial charge in [-0.05, 0) is 43.1 Å². The lowest BCUT2D eigenvalue weighted by atomic mass is 9.68. The number of ketones is 1. The van der Waals surface area contributed by atoms with Crippen LogP contribution in [0.1, 0.15) is 59.8 Å². The molecule has 1 aliphatic heterocycles. The summed E-state index contributed by atoms with van der Waals surface area (Å²) in [5, 5.41) is 20.3. The molecule has 3 rings (SSSR count). The van der Waals surface area contributed by atoms with Crippen LogP contribution in [0.2, 0.25) is 0 Å². The van der Waals surface area contributed by atoms with Gasteiger partial charge in [-0.2, -0.15) is 0 Å². The van der Waals surface area contributed by atoms with Crippen molar-refractivity contribution in [3.05, 3.63) is 34.6 Å². The molecule has 0 aromatic carbocycles. The fraction of sp³-hybridized carbons (Fsp3) is 0.609. The summed E-state index contributed by atoms with van der Waals surface area (Å²) in [4.78, 5) is 37.8. The van der Waals surface area contributed by atoms with Gasteiger partial charge in [-0.15, -0.1) is 0 Å². The van der Waals surface area contributed by atoms with Crippen molar-refractivity contribution in [3.63, 3.8) is 0 Å². The average molecular weight is 402 g/mol. The maximum absolute atomic E-state index is 13.4. The first kappa shape index (κ1) is 21.3. The highest BCUT2D eigenvalue weighted by atomic mass is 16.6. The Labute approximate surface area is 171 Å². The Kier molecular flexibility index (Phi) is 5.74. The highest BCUT2D eigenvalue weighted by Crippen LogP contribution is 2.48. The van der Waals surface area contributed by atoms with Gasteiger partial charge < -0.3 is 14.9 Å². The maximum Gasteiger partial charge on any atom is 0.346 e. The third kappa shape index (κ3) is 3.77. The zero-order valence-electron chi connectivity index (χ0n) is 17.5. The molecule has 2 aliphatic carbocycles. The fourth-order valence-corrected chi connectivity index (χ4v) is 5.19. The van der Waals surface area contributed by atoms with Crippen LogP contribution in [0.3, 0.4) is 0 Å². The number of carboxylic acid groups (broad SMARTS) is 1. The number of aliphatic hydroxyl groups is 1. The van der Waals surface area contributed by atoms with E-state index < -0.39 is 35.2 Å². The molecule has 1 spiro atoms. The molecule has 0 amide bonds. The summed E-state index contributed by atoms with van der Waals surface area (Å²) in [6, 6.07) is 0. The normalized spacial score (nSPS) is 37.9. The highest BCUT2D eigenvalue weighted by molar-refractivity contribution is 6.26. The van der Waals surface area contributed by atoms with E-state index in [-0.39, 0.29) is 29.2 Å². The first-order chi connectivity index (χ1) is 13.6. The molecular weight excluding hydrogens is 372 g/mol. The number of ether oxygens (including phenoxy) is 1. The van der Waals surface area contributed by atoms with Crippen molar-refractivity contribution in [2.75, 3.05) is 0 Å². The van der Waals surface area contributed by atoms with Crippen LogP contribution in [0.15, 0.2) is 34.6 Å². The number of esters is 1. The largest absolute Gasteiger partial charge is 0.507 e. The van der Waals surface area contributed by atoms with E-state index in [1.807, 2.05) is 6.08 Å². The molecule has 1 fully saturated rings. The van der Waals surface area contributed by atoms with Gasteiger partial charge >= 0.3 is 11.9 Å². The zero-order valence-corrected chi connectivity index (χ0v) is 17.5. The summed E-state index contributed by atoms with van der Waals surface area (Å²) in [6.45, 7) is 7.64. The van der Waals surface area contributed by atoms with E-state index in [1.165, 1.54) is 0 Å². The van der Waals surface area contributed by atoms with E-state index in [1.54, 1.807) is 19.9 Å². The Morgan fingerprint density at radius 1 is 1.17 bits per heavy atom. The van der Waals surface area contributed by atoms with Crippen LogP contribution in [0.25, 0.3) is 0 Å². The minimum Gasteiger partial charge on any atom is -0.507 e. The fourth-order valence-electron chi connectivity index (χ4n) is 5.19. The van der Waals surface area contributed by atoms with Crippen molar-refractivity contribution in [1.82, 2.24) is 0 Å². The standard InChI is InChI=1S/C23H30O6/c1-12-6-5-7-16-10-17(21(26)27)15(4)11-23(16)20(25)18(22(28)29-23)19(24)14(3)9-13(2)8-12/h9-10,12-13,15-16,24H,5-8,11H2,1-4H3,(H,26,27)/b14-9+,19-18?. The zero-order chi connectivity index (χ0) is 21.5. The third-order valence-electron chi connectivity index (χ3n) is 6.59. The molecule has 29 heavy (non-hydrogen) atoms. The van der Waals surface area contributed by atoms with Gasteiger partial charge in [0.15, 0.2) is 5.60 Å². The molecule has 0 saturated carbocycles. The van der Waals surface area contributed by atoms with Gasteiger partial charge in [0.25, 0.3) is 0 Å². The molecule has 6 heteroatoms. The van der Waals surface area contributed by atoms with Crippen LogP contribution in [0.4, 0.5) is 0 Å². The summed E-state index contributed by atoms with van der Waals surface area (Å²) in [5.41, 5.74) is -0.985. The number of aliphatic hydroxyl groups excluding tert-OH is 1. The predicted octanol–water partition coefficient (Wildman–Crippen LogP) is 4.12. The summed E-state index contributed by atoms with van der Waals surface area (Å²) < 4.78 is 5.67. The van der Waals surface area contributed by atoms with Crippen LogP contribution in [-0.2, 0) is 19.1 Å². The number of aliphatic carboxylic acids is 1. The van der Waals surface area contributed by atoms with Crippen molar-refractivity contribution in [1.29, 1.82) is 0 Å². The second-order valence-electron chi connectivity index (χ2n) is 9.07. The van der Waals surface area contributed by atoms with E-state index in [2.05, 4.69) is 13.8 Å². The summed E-state index contributed by atoms with van der Waals surface area (Å²) in [6.07, 6.45) is 6.85. The van der Waals surface area contributed by atoms with Gasteiger partial charge in [0.2, 0.25) is 5.78 Å². The molecule has 158 valence electrons. The molecule has 1 heterocycles. The summed E-state index contributed by atoms with van der Waals surface area (Å²) >= 11 is 0. The SMILES string of the molecule is C/C1=C\C(C)CC(C)CCCC2C=C(C(=O)O)C(C)CC23OC(=O)C(=C1O)C3=O. The van der Waals surface area contributed by atoms with Gasteiger partial charge in [-0.3, -0.25) is 4.79 Å². The number of carbonyl (C=O) groups excluding carboxylic acids is 2. The minimum atomic E-state index is -1.43. The number of hydrogen-bond acceptors (Lipinski definition) is 5. The lowest BCUT2D eigenvalue weighted by Crippen LogP contribution is -2.48. The summed E-state index contributed by atoms with van der Waals surface area (Å²) in [7, 11) is 0. The number of carboxylic acids is 1. The van der Waals surface area contributed by atoms with Crippen LogP contribution < -0.4 is 0 Å². The highest BCUT2D eigenvalue weighted by Gasteiger charge is 2.59. The lowest BCUT2D eigenvalue weighted by molar-refractivity contribution is -0.158. The predicted molar refractivity (Wildman–Crippen MR) is 107 cm³/mol. The molecule has 5 unspecified atom stereocenters. The number of hydrogen-bond donors (Lipinski definition) is 2. The molecule has 0 aromatic rings. The minimum absolute atomic E-state index is 0.117. The monoisotopic (exact) mass is 402 g/mol. The Morgan fingerprint density at radius 2 is 1.86 bits per heavy atom. The number of Topliss-reactive ketones (excluding diaryl/α,β-unsaturated/α-hetero) is 1. The topological polar surface area (TPSA) is 101 Å². The summed E-state index contributed by atoms with van der Waals surface area (Å²) in [5.74, 6) is -2.98. The van der Waals surface area contributed by atoms with E-state index >= 15 is 0 Å². The molecule has 5 atom stereocenters. The first-order valence-electron chi connectivity index (χ1n) is 10.4. The third-order valence-corrected chi connectivity index (χ3v) is 6.59. The molecule has 1 saturated heterocycles. The van der Waals surface area contributed by atoms with E-state index in [0.29, 0.717) is 17.9 Å². The van der Waals surface area contributed by atoms with Crippen molar-refractivity contribution in [2.24, 2.45) is 23.7 Å². The molecule has 2 N–H and O–H groups in total. The molecule has 6 nitrogen and oxygen atoms in total. The molecule has 0 aromatic heterocycles. The molecule has 0 radical (unpaired) electrons. The maximum atomic E-state index is 13.4. The quantitative estimate of drug-likeness (QED) is 0.505. The van der Waals surface area contributed by atoms with Gasteiger partial charge in [0, 0.05) is 17.9 Å². The second kappa shape index (κ2) is 7.81. The van der Waals surface area contributed by atoms with Crippen molar-refractivity contribution >= 4 is 17.7 Å². The van der Waals surface area contributed by atoms with E-state index in [0.717, 1.165) is 19.3 Å². The second-order valence-corrected chi connectivity index (χ2v) is 9.07. The number of allylic oxidation sites excluding steroid dienone is 2.